The van der Waals surface area contributed by atoms with Gasteiger partial charge in [-0.1, -0.05) is 18.2 Å². The van der Waals surface area contributed by atoms with Crippen LogP contribution in [0.1, 0.15) is 27.6 Å². The van der Waals surface area contributed by atoms with Gasteiger partial charge in [-0.15, -0.1) is 0 Å². The molecular formula is C23H20BrNO4. The molecule has 0 fully saturated rings. The Morgan fingerprint density at radius 3 is 2.17 bits per heavy atom. The monoisotopic (exact) mass is 453 g/mol. The molecule has 0 unspecified atom stereocenters. The molecule has 0 bridgehead atoms. The van der Waals surface area contributed by atoms with Crippen molar-refractivity contribution in [3.63, 3.8) is 0 Å². The van der Waals surface area contributed by atoms with Gasteiger partial charge in [0.2, 0.25) is 0 Å². The molecule has 0 heterocycles. The summed E-state index contributed by atoms with van der Waals surface area (Å²) < 4.78 is 12.0. The summed E-state index contributed by atoms with van der Waals surface area (Å²) >= 11 is 3.44. The van der Waals surface area contributed by atoms with Crippen molar-refractivity contribution < 1.29 is 19.1 Å². The van der Waals surface area contributed by atoms with E-state index in [1.807, 2.05) is 30.3 Å². The third kappa shape index (κ3) is 5.93. The standard InChI is InChI=1S/C23H20BrNO4/c1-16(26)17-7-10-19(11-8-17)25-23(27)18-9-12-22(21(24)15-18)29-14-13-28-20-5-3-2-4-6-20/h2-12,15H,13-14H2,1H3,(H,25,27). The quantitative estimate of drug-likeness (QED) is 0.368. The lowest BCUT2D eigenvalue weighted by molar-refractivity contribution is 0.101. The van der Waals surface area contributed by atoms with Gasteiger partial charge in [0.25, 0.3) is 5.91 Å². The lowest BCUT2D eigenvalue weighted by Gasteiger charge is -2.11. The molecule has 0 atom stereocenters. The molecule has 0 saturated carbocycles. The van der Waals surface area contributed by atoms with Gasteiger partial charge in [-0.2, -0.15) is 0 Å². The topological polar surface area (TPSA) is 64.6 Å². The third-order valence-electron chi connectivity index (χ3n) is 4.10. The highest BCUT2D eigenvalue weighted by atomic mass is 79.9. The number of benzene rings is 3. The van der Waals surface area contributed by atoms with E-state index in [0.29, 0.717) is 40.3 Å². The minimum atomic E-state index is -0.250. The van der Waals surface area contributed by atoms with Crippen molar-refractivity contribution in [1.82, 2.24) is 0 Å². The number of carbonyl (C=O) groups excluding carboxylic acids is 2. The van der Waals surface area contributed by atoms with Gasteiger partial charge in [-0.05, 0) is 77.5 Å². The lowest BCUT2D eigenvalue weighted by atomic mass is 10.1. The van der Waals surface area contributed by atoms with Crippen LogP contribution in [-0.4, -0.2) is 24.9 Å². The zero-order valence-corrected chi connectivity index (χ0v) is 17.4. The number of anilines is 1. The maximum absolute atomic E-state index is 12.5. The largest absolute Gasteiger partial charge is 0.490 e. The predicted octanol–water partition coefficient (Wildman–Crippen LogP) is 5.36. The van der Waals surface area contributed by atoms with Gasteiger partial charge >= 0.3 is 0 Å². The SMILES string of the molecule is CC(=O)c1ccc(NC(=O)c2ccc(OCCOc3ccccc3)c(Br)c2)cc1. The number of amides is 1. The van der Waals surface area contributed by atoms with E-state index < -0.39 is 0 Å². The summed E-state index contributed by atoms with van der Waals surface area (Å²) in [6, 6.07) is 21.4. The van der Waals surface area contributed by atoms with Crippen LogP contribution in [0.5, 0.6) is 11.5 Å². The molecule has 0 aliphatic heterocycles. The fraction of sp³-hybridized carbons (Fsp3) is 0.130. The molecule has 5 nitrogen and oxygen atoms in total. The van der Waals surface area contributed by atoms with E-state index in [4.69, 9.17) is 9.47 Å². The Labute approximate surface area is 177 Å². The van der Waals surface area contributed by atoms with Crippen LogP contribution < -0.4 is 14.8 Å². The first kappa shape index (κ1) is 20.6. The zero-order chi connectivity index (χ0) is 20.6. The highest BCUT2D eigenvalue weighted by Crippen LogP contribution is 2.26. The highest BCUT2D eigenvalue weighted by Gasteiger charge is 2.10. The molecule has 29 heavy (non-hydrogen) atoms. The second kappa shape index (κ2) is 9.89. The summed E-state index contributed by atoms with van der Waals surface area (Å²) in [4.78, 5) is 23.8. The van der Waals surface area contributed by atoms with Crippen LogP contribution in [0.15, 0.2) is 77.3 Å². The average molecular weight is 454 g/mol. The fourth-order valence-electron chi connectivity index (χ4n) is 2.58. The number of rotatable bonds is 8. The van der Waals surface area contributed by atoms with Gasteiger partial charge in [0, 0.05) is 16.8 Å². The van der Waals surface area contributed by atoms with E-state index >= 15 is 0 Å². The Morgan fingerprint density at radius 1 is 0.862 bits per heavy atom. The van der Waals surface area contributed by atoms with Crippen molar-refractivity contribution in [2.24, 2.45) is 0 Å². The number of hydrogen-bond donors (Lipinski definition) is 1. The molecule has 0 spiro atoms. The minimum absolute atomic E-state index is 0.0171. The molecule has 1 amide bonds. The zero-order valence-electron chi connectivity index (χ0n) is 15.9. The fourth-order valence-corrected chi connectivity index (χ4v) is 3.07. The Hall–Kier alpha value is -3.12. The van der Waals surface area contributed by atoms with Crippen molar-refractivity contribution in [3.8, 4) is 11.5 Å². The normalized spacial score (nSPS) is 10.3. The van der Waals surface area contributed by atoms with Crippen LogP contribution in [0.4, 0.5) is 5.69 Å². The molecule has 0 saturated heterocycles. The number of Topliss-reactive ketones (excluding diaryl/α,β-unsaturated/α-hetero) is 1. The maximum atomic E-state index is 12.5. The van der Waals surface area contributed by atoms with E-state index in [-0.39, 0.29) is 11.7 Å². The summed E-state index contributed by atoms with van der Waals surface area (Å²) in [6.45, 7) is 2.29. The summed E-state index contributed by atoms with van der Waals surface area (Å²) in [6.07, 6.45) is 0. The molecule has 3 rings (SSSR count). The minimum Gasteiger partial charge on any atom is -0.490 e. The van der Waals surface area contributed by atoms with E-state index in [2.05, 4.69) is 21.2 Å². The van der Waals surface area contributed by atoms with Gasteiger partial charge in [-0.3, -0.25) is 9.59 Å². The molecule has 148 valence electrons. The van der Waals surface area contributed by atoms with E-state index in [0.717, 1.165) is 5.75 Å². The smallest absolute Gasteiger partial charge is 0.255 e. The van der Waals surface area contributed by atoms with Crippen LogP contribution >= 0.6 is 15.9 Å². The van der Waals surface area contributed by atoms with Crippen LogP contribution in [-0.2, 0) is 0 Å². The molecular weight excluding hydrogens is 434 g/mol. The Balaban J connectivity index is 1.54. The Morgan fingerprint density at radius 2 is 1.52 bits per heavy atom. The van der Waals surface area contributed by atoms with Gasteiger partial charge in [0.15, 0.2) is 5.78 Å². The van der Waals surface area contributed by atoms with Crippen molar-refractivity contribution >= 4 is 33.3 Å². The van der Waals surface area contributed by atoms with E-state index in [9.17, 15) is 9.59 Å². The molecule has 0 aliphatic carbocycles. The van der Waals surface area contributed by atoms with E-state index in [1.165, 1.54) is 6.92 Å². The van der Waals surface area contributed by atoms with Gasteiger partial charge < -0.3 is 14.8 Å². The number of halogens is 1. The van der Waals surface area contributed by atoms with Crippen LogP contribution in [0.3, 0.4) is 0 Å². The molecule has 0 radical (unpaired) electrons. The summed E-state index contributed by atoms with van der Waals surface area (Å²) in [5, 5.41) is 2.81. The number of para-hydroxylation sites is 1. The number of ether oxygens (including phenoxy) is 2. The molecule has 3 aromatic rings. The van der Waals surface area contributed by atoms with Gasteiger partial charge in [0.05, 0.1) is 4.47 Å². The first-order valence-electron chi connectivity index (χ1n) is 9.05. The Kier molecular flexibility index (Phi) is 7.03. The second-order valence-corrected chi connectivity index (χ2v) is 7.10. The molecule has 6 heteroatoms. The average Bonchev–Trinajstić information content (AvgIpc) is 2.73. The first-order chi connectivity index (χ1) is 14.0. The second-order valence-electron chi connectivity index (χ2n) is 6.24. The van der Waals surface area contributed by atoms with Crippen molar-refractivity contribution in [2.45, 2.75) is 6.92 Å². The third-order valence-corrected chi connectivity index (χ3v) is 4.72. The van der Waals surface area contributed by atoms with E-state index in [1.54, 1.807) is 42.5 Å². The van der Waals surface area contributed by atoms with Crippen molar-refractivity contribution in [2.75, 3.05) is 18.5 Å². The first-order valence-corrected chi connectivity index (χ1v) is 9.85. The van der Waals surface area contributed by atoms with Gasteiger partial charge in [-0.25, -0.2) is 0 Å². The number of hydrogen-bond acceptors (Lipinski definition) is 4. The van der Waals surface area contributed by atoms with Crippen molar-refractivity contribution in [3.05, 3.63) is 88.4 Å². The number of ketones is 1. The van der Waals surface area contributed by atoms with Crippen LogP contribution in [0.25, 0.3) is 0 Å². The predicted molar refractivity (Wildman–Crippen MR) is 116 cm³/mol. The molecule has 0 aliphatic rings. The summed E-state index contributed by atoms with van der Waals surface area (Å²) in [7, 11) is 0. The molecule has 0 aromatic heterocycles. The molecule has 3 aromatic carbocycles. The number of carbonyl (C=O) groups is 2. The summed E-state index contributed by atoms with van der Waals surface area (Å²) in [5.41, 5.74) is 1.71. The summed E-state index contributed by atoms with van der Waals surface area (Å²) in [5.74, 6) is 1.15. The highest BCUT2D eigenvalue weighted by molar-refractivity contribution is 9.10. The van der Waals surface area contributed by atoms with Crippen molar-refractivity contribution in [1.29, 1.82) is 0 Å². The molecule has 1 N–H and O–H groups in total. The van der Waals surface area contributed by atoms with Crippen LogP contribution in [0, 0.1) is 0 Å². The maximum Gasteiger partial charge on any atom is 0.255 e. The lowest BCUT2D eigenvalue weighted by Crippen LogP contribution is -2.13. The Bertz CT molecular complexity index is 988. The van der Waals surface area contributed by atoms with Crippen LogP contribution in [0.2, 0.25) is 0 Å². The number of nitrogens with one attached hydrogen (secondary N) is 1. The van der Waals surface area contributed by atoms with Gasteiger partial charge in [0.1, 0.15) is 24.7 Å².